The second-order valence-electron chi connectivity index (χ2n) is 0.289. The Morgan fingerprint density at radius 1 is 1.75 bits per heavy atom. The average Bonchev–Trinajstić information content (AvgIpc) is 0.918. The first-order valence-corrected chi connectivity index (χ1v) is 0.789. The lowest BCUT2D eigenvalue weighted by Crippen LogP contribution is -1.10. The van der Waals surface area contributed by atoms with Gasteiger partial charge in [-0.1, -0.05) is 0 Å². The highest BCUT2D eigenvalue weighted by molar-refractivity contribution is 4.73. The van der Waals surface area contributed by atoms with Crippen LogP contribution in [-0.2, 0) is 0 Å². The van der Waals surface area contributed by atoms with Gasteiger partial charge in [-0.25, -0.2) is 0 Å². The van der Waals surface area contributed by atoms with Crippen molar-refractivity contribution in [3.63, 3.8) is 0 Å². The van der Waals surface area contributed by atoms with E-state index >= 15 is 0 Å². The van der Waals surface area contributed by atoms with Gasteiger partial charge >= 0.3 is 0 Å². The summed E-state index contributed by atoms with van der Waals surface area (Å²) in [5.41, 5.74) is 0. The van der Waals surface area contributed by atoms with Gasteiger partial charge in [-0.2, -0.15) is 0 Å². The van der Waals surface area contributed by atoms with Gasteiger partial charge in [-0.3, -0.25) is 0 Å². The van der Waals surface area contributed by atoms with Crippen LogP contribution in [0.4, 0.5) is 0 Å². The molecule has 0 aromatic carbocycles. The molecule has 0 aliphatic heterocycles. The Bertz CT molecular complexity index is 24.8. The maximum Gasteiger partial charge on any atom is -0.00297 e. The molecule has 0 amide bonds. The molecule has 0 atom stereocenters. The second kappa shape index (κ2) is 21.5. The van der Waals surface area contributed by atoms with Crippen LogP contribution in [0.3, 0.4) is 0 Å². The molecule has 0 heterocycles. The van der Waals surface area contributed by atoms with Gasteiger partial charge in [0, 0.05) is 0 Å². The third-order valence-electron chi connectivity index (χ3n) is 0. The van der Waals surface area contributed by atoms with Crippen LogP contribution in [-0.4, -0.2) is 5.48 Å². The summed E-state index contributed by atoms with van der Waals surface area (Å²) < 4.78 is 0. The fourth-order valence-corrected chi connectivity index (χ4v) is 0. The molecular formula is C3H6O. The summed E-state index contributed by atoms with van der Waals surface area (Å²) >= 11 is 0. The third kappa shape index (κ3) is 1.78. The minimum Gasteiger partial charge on any atom is -0.412 e. The molecule has 1 heteroatoms. The number of hydrogen-bond donors (Lipinski definition) is 0. The Balaban J connectivity index is 0. The van der Waals surface area contributed by atoms with Gasteiger partial charge in [0.25, 0.3) is 0 Å². The predicted molar refractivity (Wildman–Crippen MR) is 18.1 cm³/mol. The Kier molecular flexibility index (Phi) is 52.1. The molecule has 0 rings (SSSR count). The minimum atomic E-state index is 0. The third-order valence-corrected chi connectivity index (χ3v) is 0. The maximum atomic E-state index is 4.60. The molecule has 0 spiro atoms. The summed E-state index contributed by atoms with van der Waals surface area (Å²) in [4.78, 5) is 0. The zero-order chi connectivity index (χ0) is 2.71. The molecule has 2 N–H and O–H groups in total. The lowest BCUT2D eigenvalue weighted by molar-refractivity contribution is 0.824. The number of hydrogen-bond acceptors (Lipinski definition) is 0. The molecular weight excluding hydrogens is 52.0 g/mol. The van der Waals surface area contributed by atoms with E-state index in [0.29, 0.717) is 0 Å². The van der Waals surface area contributed by atoms with Gasteiger partial charge in [0.05, 0.1) is 0 Å². The van der Waals surface area contributed by atoms with Gasteiger partial charge in [0.2, 0.25) is 0 Å². The highest BCUT2D eigenvalue weighted by Gasteiger charge is 1.09. The standard InChI is InChI=1S/C3H4.H2O/c1-3-2;/h1H,2H3;1H2. The van der Waals surface area contributed by atoms with Crippen LogP contribution in [0.5, 0.6) is 0 Å². The van der Waals surface area contributed by atoms with Gasteiger partial charge in [-0.05, 0) is 6.92 Å². The van der Waals surface area contributed by atoms with Crippen LogP contribution < -0.4 is 0 Å². The zero-order valence-electron chi connectivity index (χ0n) is 2.58. The molecule has 4 heavy (non-hydrogen) atoms. The van der Waals surface area contributed by atoms with E-state index in [1.165, 1.54) is 0 Å². The van der Waals surface area contributed by atoms with Crippen LogP contribution >= 0.6 is 0 Å². The van der Waals surface area contributed by atoms with E-state index in [9.17, 15) is 0 Å². The van der Waals surface area contributed by atoms with Crippen molar-refractivity contribution in [3.8, 4) is 12.3 Å². The highest BCUT2D eigenvalue weighted by atomic mass is 16.0. The van der Waals surface area contributed by atoms with Crippen molar-refractivity contribution in [2.24, 2.45) is 0 Å². The summed E-state index contributed by atoms with van der Waals surface area (Å²) in [5.74, 6) is 2.25. The Hall–Kier alpha value is -0.480. The van der Waals surface area contributed by atoms with E-state index < -0.39 is 0 Å². The summed E-state index contributed by atoms with van der Waals surface area (Å²) in [7, 11) is 0. The normalized spacial score (nSPS) is 2.00. The van der Waals surface area contributed by atoms with Crippen LogP contribution in [0.15, 0.2) is 0 Å². The fourth-order valence-electron chi connectivity index (χ4n) is 0. The van der Waals surface area contributed by atoms with Crippen molar-refractivity contribution in [3.05, 3.63) is 0 Å². The van der Waals surface area contributed by atoms with Gasteiger partial charge < -0.3 is 5.48 Å². The topological polar surface area (TPSA) is 31.5 Å². The minimum absolute atomic E-state index is 0. The molecule has 0 radical (unpaired) electrons. The number of rotatable bonds is 0. The van der Waals surface area contributed by atoms with E-state index in [4.69, 9.17) is 0 Å². The first-order chi connectivity index (χ1) is 1.41. The van der Waals surface area contributed by atoms with E-state index in [1.807, 2.05) is 0 Å². The van der Waals surface area contributed by atoms with Crippen LogP contribution in [0.25, 0.3) is 0 Å². The monoisotopic (exact) mass is 58.0 g/mol. The molecule has 0 unspecified atom stereocenters. The molecule has 24 valence electrons. The van der Waals surface area contributed by atoms with Gasteiger partial charge in [0.1, 0.15) is 0 Å². The molecule has 0 aromatic rings. The van der Waals surface area contributed by atoms with Crippen molar-refractivity contribution < 1.29 is 5.48 Å². The molecule has 0 fully saturated rings. The second-order valence-corrected chi connectivity index (χ2v) is 0.289. The van der Waals surface area contributed by atoms with E-state index in [2.05, 4.69) is 12.3 Å². The summed E-state index contributed by atoms with van der Waals surface area (Å²) in [5, 5.41) is 0. The number of terminal acetylenes is 1. The van der Waals surface area contributed by atoms with Crippen molar-refractivity contribution >= 4 is 0 Å². The lowest BCUT2D eigenvalue weighted by Gasteiger charge is -1.23. The van der Waals surface area contributed by atoms with Crippen molar-refractivity contribution in [1.29, 1.82) is 0 Å². The van der Waals surface area contributed by atoms with Crippen LogP contribution in [0.1, 0.15) is 6.92 Å². The highest BCUT2D eigenvalue weighted by Crippen LogP contribution is 1.21. The van der Waals surface area contributed by atoms with E-state index in [-0.39, 0.29) is 5.48 Å². The smallest absolute Gasteiger partial charge is 0.00297 e. The SMILES string of the molecule is C#CC.O. The summed E-state index contributed by atoms with van der Waals surface area (Å²) in [6.07, 6.45) is 4.60. The van der Waals surface area contributed by atoms with Gasteiger partial charge in [0.15, 0.2) is 0 Å². The van der Waals surface area contributed by atoms with Crippen molar-refractivity contribution in [2.75, 3.05) is 0 Å². The van der Waals surface area contributed by atoms with Crippen LogP contribution in [0.2, 0.25) is 0 Å². The van der Waals surface area contributed by atoms with E-state index in [1.54, 1.807) is 6.92 Å². The molecule has 0 saturated carbocycles. The molecule has 0 aliphatic carbocycles. The summed E-state index contributed by atoms with van der Waals surface area (Å²) in [6.45, 7) is 1.65. The Labute approximate surface area is 25.9 Å². The quantitative estimate of drug-likeness (QED) is 0.346. The first-order valence-electron chi connectivity index (χ1n) is 0.789. The van der Waals surface area contributed by atoms with E-state index in [0.717, 1.165) is 0 Å². The molecule has 0 bridgehead atoms. The summed E-state index contributed by atoms with van der Waals surface area (Å²) in [6, 6.07) is 0. The first kappa shape index (κ1) is 9.68. The van der Waals surface area contributed by atoms with Crippen molar-refractivity contribution in [2.45, 2.75) is 6.92 Å². The van der Waals surface area contributed by atoms with Crippen molar-refractivity contribution in [1.82, 2.24) is 0 Å². The molecule has 0 aliphatic rings. The predicted octanol–water partition coefficient (Wildman–Crippen LogP) is -0.185. The van der Waals surface area contributed by atoms with Crippen LogP contribution in [0, 0.1) is 12.3 Å². The Morgan fingerprint density at radius 2 is 1.75 bits per heavy atom. The Morgan fingerprint density at radius 3 is 1.75 bits per heavy atom. The average molecular weight is 58.1 g/mol. The molecule has 1 nitrogen and oxygen atoms in total. The maximum absolute atomic E-state index is 4.60. The largest absolute Gasteiger partial charge is 0.412 e. The molecule has 0 saturated heterocycles. The fraction of sp³-hybridized carbons (Fsp3) is 0.333. The lowest BCUT2D eigenvalue weighted by atomic mass is 10.9. The zero-order valence-corrected chi connectivity index (χ0v) is 2.58. The van der Waals surface area contributed by atoms with Gasteiger partial charge in [-0.15, -0.1) is 12.3 Å². The molecule has 0 aromatic heterocycles.